The first-order valence-corrected chi connectivity index (χ1v) is 12.4. The molecule has 1 aromatic heterocycles. The average molecular weight is 432 g/mol. The Kier molecular flexibility index (Phi) is 6.05. The number of hydrogen-bond donors (Lipinski definition) is 0. The summed E-state index contributed by atoms with van der Waals surface area (Å²) in [5.41, 5.74) is 8.16. The van der Waals surface area contributed by atoms with Gasteiger partial charge >= 0.3 is 0 Å². The van der Waals surface area contributed by atoms with E-state index in [2.05, 4.69) is 122 Å². The molecule has 166 valence electrons. The number of benzene rings is 4. The molecule has 5 aromatic rings. The summed E-state index contributed by atoms with van der Waals surface area (Å²) in [6, 6.07) is 35.8. The van der Waals surface area contributed by atoms with Gasteiger partial charge in [0.1, 0.15) is 0 Å². The number of fused-ring (bicyclic) bond motifs is 3. The number of nitrogens with zero attached hydrogens (tertiary/aromatic N) is 1. The van der Waals surface area contributed by atoms with Crippen molar-refractivity contribution in [2.45, 2.75) is 52.0 Å². The van der Waals surface area contributed by atoms with Crippen LogP contribution in [0.15, 0.2) is 97.1 Å². The molecule has 33 heavy (non-hydrogen) atoms. The molecule has 0 N–H and O–H groups in total. The molecule has 1 heterocycles. The van der Waals surface area contributed by atoms with Crippen molar-refractivity contribution in [2.75, 3.05) is 0 Å². The maximum atomic E-state index is 2.43. The first-order valence-electron chi connectivity index (χ1n) is 12.4. The van der Waals surface area contributed by atoms with Gasteiger partial charge < -0.3 is 4.57 Å². The van der Waals surface area contributed by atoms with Gasteiger partial charge in [0.05, 0.1) is 0 Å². The van der Waals surface area contributed by atoms with Crippen molar-refractivity contribution in [3.05, 3.63) is 108 Å². The first kappa shape index (κ1) is 21.5. The Balaban J connectivity index is 1.50. The molecule has 2 unspecified atom stereocenters. The predicted molar refractivity (Wildman–Crippen MR) is 143 cm³/mol. The highest BCUT2D eigenvalue weighted by atomic mass is 15.0. The van der Waals surface area contributed by atoms with Gasteiger partial charge in [0.25, 0.3) is 0 Å². The summed E-state index contributed by atoms with van der Waals surface area (Å²) in [5.74, 6) is 1.14. The normalized spacial score (nSPS) is 13.4. The van der Waals surface area contributed by atoms with Crippen LogP contribution in [0.25, 0.3) is 32.9 Å². The molecular formula is C32H33N. The fourth-order valence-electron chi connectivity index (χ4n) is 5.50. The molecule has 0 fully saturated rings. The second kappa shape index (κ2) is 9.27. The van der Waals surface area contributed by atoms with Gasteiger partial charge in [-0.3, -0.25) is 0 Å². The van der Waals surface area contributed by atoms with Crippen LogP contribution in [0.2, 0.25) is 0 Å². The lowest BCUT2D eigenvalue weighted by Crippen LogP contribution is -2.03. The van der Waals surface area contributed by atoms with Crippen LogP contribution in [0.5, 0.6) is 0 Å². The number of rotatable bonds is 7. The van der Waals surface area contributed by atoms with Crippen molar-refractivity contribution in [3.63, 3.8) is 0 Å². The van der Waals surface area contributed by atoms with Gasteiger partial charge in [0.2, 0.25) is 0 Å². The summed E-state index contributed by atoms with van der Waals surface area (Å²) in [6.07, 6.45) is 2.34. The molecule has 0 radical (unpaired) electrons. The standard InChI is InChI=1S/C32H33N/c1-4-24(22-23(3)25-12-7-6-8-13-25)26-18-20-27(21-19-26)28-15-11-17-31-32(28)29-14-9-10-16-30(29)33(31)5-2/h6-21,23-24H,4-5,22H2,1-3H3. The van der Waals surface area contributed by atoms with Gasteiger partial charge in [-0.05, 0) is 66.0 Å². The van der Waals surface area contributed by atoms with Crippen LogP contribution < -0.4 is 0 Å². The minimum Gasteiger partial charge on any atom is -0.341 e. The van der Waals surface area contributed by atoms with Crippen LogP contribution in [-0.4, -0.2) is 4.57 Å². The monoisotopic (exact) mass is 431 g/mol. The van der Waals surface area contributed by atoms with Crippen LogP contribution in [-0.2, 0) is 6.54 Å². The van der Waals surface area contributed by atoms with Gasteiger partial charge in [0, 0.05) is 28.4 Å². The van der Waals surface area contributed by atoms with Crippen LogP contribution in [0.4, 0.5) is 0 Å². The summed E-state index contributed by atoms with van der Waals surface area (Å²) in [6.45, 7) is 7.88. The van der Waals surface area contributed by atoms with E-state index in [1.165, 1.54) is 50.5 Å². The summed E-state index contributed by atoms with van der Waals surface area (Å²) < 4.78 is 2.43. The number of aryl methyl sites for hydroxylation is 1. The van der Waals surface area contributed by atoms with E-state index in [0.717, 1.165) is 13.0 Å². The van der Waals surface area contributed by atoms with Crippen molar-refractivity contribution in [1.29, 1.82) is 0 Å². The molecular weight excluding hydrogens is 398 g/mol. The zero-order valence-electron chi connectivity index (χ0n) is 20.0. The van der Waals surface area contributed by atoms with E-state index in [1.54, 1.807) is 0 Å². The van der Waals surface area contributed by atoms with E-state index in [4.69, 9.17) is 0 Å². The predicted octanol–water partition coefficient (Wildman–Crippen LogP) is 9.17. The zero-order chi connectivity index (χ0) is 22.8. The quantitative estimate of drug-likeness (QED) is 0.242. The molecule has 1 heteroatoms. The molecule has 0 aliphatic heterocycles. The smallest absolute Gasteiger partial charge is 0.0497 e. The number of hydrogen-bond acceptors (Lipinski definition) is 0. The summed E-state index contributed by atoms with van der Waals surface area (Å²) >= 11 is 0. The van der Waals surface area contributed by atoms with Gasteiger partial charge in [0.15, 0.2) is 0 Å². The average Bonchev–Trinajstić information content (AvgIpc) is 3.21. The third kappa shape index (κ3) is 3.97. The third-order valence-corrected chi connectivity index (χ3v) is 7.31. The first-order chi connectivity index (χ1) is 16.2. The van der Waals surface area contributed by atoms with Gasteiger partial charge in [-0.2, -0.15) is 0 Å². The van der Waals surface area contributed by atoms with E-state index in [-0.39, 0.29) is 0 Å². The molecule has 0 aliphatic carbocycles. The molecule has 1 nitrogen and oxygen atoms in total. The maximum absolute atomic E-state index is 2.43. The fourth-order valence-corrected chi connectivity index (χ4v) is 5.50. The van der Waals surface area contributed by atoms with Crippen molar-refractivity contribution < 1.29 is 0 Å². The van der Waals surface area contributed by atoms with Crippen LogP contribution in [0.1, 0.15) is 56.6 Å². The summed E-state index contributed by atoms with van der Waals surface area (Å²) in [4.78, 5) is 0. The second-order valence-corrected chi connectivity index (χ2v) is 9.24. The van der Waals surface area contributed by atoms with Crippen molar-refractivity contribution >= 4 is 21.8 Å². The minimum absolute atomic E-state index is 0.560. The van der Waals surface area contributed by atoms with E-state index in [1.807, 2.05) is 0 Å². The van der Waals surface area contributed by atoms with E-state index in [9.17, 15) is 0 Å². The largest absolute Gasteiger partial charge is 0.341 e. The van der Waals surface area contributed by atoms with E-state index in [0.29, 0.717) is 11.8 Å². The second-order valence-electron chi connectivity index (χ2n) is 9.24. The molecule has 5 rings (SSSR count). The van der Waals surface area contributed by atoms with Crippen LogP contribution in [0, 0.1) is 0 Å². The van der Waals surface area contributed by atoms with Crippen molar-refractivity contribution in [3.8, 4) is 11.1 Å². The highest BCUT2D eigenvalue weighted by Gasteiger charge is 2.17. The highest BCUT2D eigenvalue weighted by molar-refractivity contribution is 6.14. The number of para-hydroxylation sites is 1. The Morgan fingerprint density at radius 2 is 1.36 bits per heavy atom. The lowest BCUT2D eigenvalue weighted by Gasteiger charge is -2.21. The van der Waals surface area contributed by atoms with Crippen LogP contribution in [0.3, 0.4) is 0 Å². The van der Waals surface area contributed by atoms with Gasteiger partial charge in [-0.1, -0.05) is 98.8 Å². The van der Waals surface area contributed by atoms with Crippen LogP contribution >= 0.6 is 0 Å². The molecule has 2 atom stereocenters. The SMILES string of the molecule is CCC(CC(C)c1ccccc1)c1ccc(-c2cccc3c2c2ccccc2n3CC)cc1. The third-order valence-electron chi connectivity index (χ3n) is 7.31. The minimum atomic E-state index is 0.560. The molecule has 0 aliphatic rings. The summed E-state index contributed by atoms with van der Waals surface area (Å²) in [5, 5.41) is 2.71. The molecule has 0 saturated carbocycles. The Labute approximate surface area is 197 Å². The lowest BCUT2D eigenvalue weighted by molar-refractivity contribution is 0.544. The number of aromatic nitrogens is 1. The van der Waals surface area contributed by atoms with Crippen molar-refractivity contribution in [1.82, 2.24) is 4.57 Å². The summed E-state index contributed by atoms with van der Waals surface area (Å²) in [7, 11) is 0. The highest BCUT2D eigenvalue weighted by Crippen LogP contribution is 2.38. The molecule has 0 bridgehead atoms. The van der Waals surface area contributed by atoms with Crippen molar-refractivity contribution in [2.24, 2.45) is 0 Å². The van der Waals surface area contributed by atoms with Gasteiger partial charge in [-0.25, -0.2) is 0 Å². The molecule has 0 spiro atoms. The molecule has 4 aromatic carbocycles. The van der Waals surface area contributed by atoms with E-state index < -0.39 is 0 Å². The fraction of sp³-hybridized carbons (Fsp3) is 0.250. The Morgan fingerprint density at radius 1 is 0.667 bits per heavy atom. The lowest BCUT2D eigenvalue weighted by atomic mass is 9.84. The topological polar surface area (TPSA) is 4.93 Å². The Bertz CT molecular complexity index is 1360. The maximum Gasteiger partial charge on any atom is 0.0497 e. The van der Waals surface area contributed by atoms with Gasteiger partial charge in [-0.15, -0.1) is 0 Å². The molecule has 0 amide bonds. The zero-order valence-corrected chi connectivity index (χ0v) is 20.0. The molecule has 0 saturated heterocycles. The Hall–Kier alpha value is -3.32. The van der Waals surface area contributed by atoms with E-state index >= 15 is 0 Å². The Morgan fingerprint density at radius 3 is 2.09 bits per heavy atom.